The number of ether oxygens (including phenoxy) is 1. The average Bonchev–Trinajstić information content (AvgIpc) is 2.82. The number of hydrogen-bond acceptors (Lipinski definition) is 8. The second-order valence-corrected chi connectivity index (χ2v) is 14.0. The lowest BCUT2D eigenvalue weighted by Crippen LogP contribution is -2.29. The Hall–Kier alpha value is -1.92. The van der Waals surface area contributed by atoms with E-state index in [9.17, 15) is 14.2 Å². The Kier molecular flexibility index (Phi) is 8.37. The fourth-order valence-corrected chi connectivity index (χ4v) is 7.97. The number of unbranched alkanes of at least 4 members (excludes halogenated alkanes) is 2. The van der Waals surface area contributed by atoms with E-state index in [1.165, 1.54) is 0 Å². The molecule has 35 heavy (non-hydrogen) atoms. The molecule has 192 valence electrons. The zero-order valence-electron chi connectivity index (χ0n) is 21.1. The summed E-state index contributed by atoms with van der Waals surface area (Å²) in [5.74, 6) is 1.13. The molecule has 2 atom stereocenters. The highest BCUT2D eigenvalue weighted by molar-refractivity contribution is 7.74. The van der Waals surface area contributed by atoms with Gasteiger partial charge in [-0.1, -0.05) is 50.1 Å². The van der Waals surface area contributed by atoms with Crippen LogP contribution in [0, 0.1) is 6.92 Å². The van der Waals surface area contributed by atoms with E-state index >= 15 is 0 Å². The maximum Gasteiger partial charge on any atom is 0.422 e. The lowest BCUT2D eigenvalue weighted by molar-refractivity contribution is 0.125. The smallest absolute Gasteiger partial charge is 0.422 e. The number of aliphatic hydroxyl groups is 1. The van der Waals surface area contributed by atoms with Crippen LogP contribution in [0.15, 0.2) is 36.9 Å². The minimum atomic E-state index is -4.55. The van der Waals surface area contributed by atoms with Gasteiger partial charge < -0.3 is 27.9 Å². The molecule has 0 saturated carbocycles. The second-order valence-electron chi connectivity index (χ2n) is 8.60. The summed E-state index contributed by atoms with van der Waals surface area (Å²) in [7, 11) is -5.57. The zero-order chi connectivity index (χ0) is 26.0. The van der Waals surface area contributed by atoms with Crippen LogP contribution in [-0.2, 0) is 29.1 Å². The minimum Gasteiger partial charge on any atom is -0.457 e. The standard InChI is InChI=1S/C25H34O8P2/c1-8-9-10-11-19-15-22-24(21-14-17(2)12-13-20(21)18(3)32-22)23(16-19)33-35(28,31-7)25(4,26)34(27,29-5)30-6/h12-16,26H,3,8-11H2,1-2,4-7H3. The normalized spacial score (nSPS) is 16.5. The first-order chi connectivity index (χ1) is 16.5. The number of aryl methyl sites for hydroxylation is 2. The summed E-state index contributed by atoms with van der Waals surface area (Å²) in [6.45, 7) is 9.18. The summed E-state index contributed by atoms with van der Waals surface area (Å²) in [6, 6.07) is 9.46. The monoisotopic (exact) mass is 524 g/mol. The largest absolute Gasteiger partial charge is 0.457 e. The van der Waals surface area contributed by atoms with Crippen molar-refractivity contribution >= 4 is 21.0 Å². The van der Waals surface area contributed by atoms with Crippen molar-refractivity contribution < 1.29 is 37.1 Å². The van der Waals surface area contributed by atoms with E-state index in [2.05, 4.69) is 13.5 Å². The van der Waals surface area contributed by atoms with Gasteiger partial charge in [0, 0.05) is 32.5 Å². The van der Waals surface area contributed by atoms with Crippen molar-refractivity contribution in [3.8, 4) is 22.6 Å². The third-order valence-electron chi connectivity index (χ3n) is 6.15. The van der Waals surface area contributed by atoms with Crippen LogP contribution >= 0.6 is 15.2 Å². The van der Waals surface area contributed by atoms with Crippen LogP contribution in [0.3, 0.4) is 0 Å². The number of hydrogen-bond donors (Lipinski definition) is 1. The highest BCUT2D eigenvalue weighted by Gasteiger charge is 2.62. The van der Waals surface area contributed by atoms with Gasteiger partial charge in [0.05, 0.1) is 5.56 Å². The molecule has 3 rings (SSSR count). The van der Waals surface area contributed by atoms with E-state index in [-0.39, 0.29) is 5.75 Å². The Morgan fingerprint density at radius 1 is 1.00 bits per heavy atom. The van der Waals surface area contributed by atoms with Crippen molar-refractivity contribution in [2.45, 2.75) is 51.5 Å². The number of benzene rings is 2. The first-order valence-corrected chi connectivity index (χ1v) is 14.5. The summed E-state index contributed by atoms with van der Waals surface area (Å²) >= 11 is 0. The van der Waals surface area contributed by atoms with Gasteiger partial charge in [-0.3, -0.25) is 4.57 Å². The van der Waals surface area contributed by atoms with Gasteiger partial charge in [0.2, 0.25) is 0 Å². The van der Waals surface area contributed by atoms with Gasteiger partial charge in [-0.2, -0.15) is 0 Å². The van der Waals surface area contributed by atoms with Crippen LogP contribution in [0.4, 0.5) is 0 Å². The van der Waals surface area contributed by atoms with Gasteiger partial charge >= 0.3 is 15.2 Å². The molecule has 0 amide bonds. The summed E-state index contributed by atoms with van der Waals surface area (Å²) < 4.78 is 54.2. The van der Waals surface area contributed by atoms with Crippen LogP contribution in [0.2, 0.25) is 0 Å². The molecule has 10 heteroatoms. The van der Waals surface area contributed by atoms with E-state index in [1.807, 2.05) is 31.2 Å². The van der Waals surface area contributed by atoms with Crippen LogP contribution in [-0.4, -0.2) is 31.5 Å². The summed E-state index contributed by atoms with van der Waals surface area (Å²) in [6.07, 6.45) is 3.77. The lowest BCUT2D eigenvalue weighted by Gasteiger charge is -2.35. The van der Waals surface area contributed by atoms with Gasteiger partial charge in [-0.05, 0) is 44.4 Å². The minimum absolute atomic E-state index is 0.164. The molecular formula is C25H34O8P2. The van der Waals surface area contributed by atoms with Gasteiger partial charge in [0.1, 0.15) is 17.3 Å². The third-order valence-corrected chi connectivity index (χ3v) is 11.6. The zero-order valence-corrected chi connectivity index (χ0v) is 22.9. The van der Waals surface area contributed by atoms with Gasteiger partial charge in [0.25, 0.3) is 5.08 Å². The number of rotatable bonds is 11. The molecule has 8 nitrogen and oxygen atoms in total. The van der Waals surface area contributed by atoms with Crippen molar-refractivity contribution in [2.24, 2.45) is 0 Å². The fourth-order valence-electron chi connectivity index (χ4n) is 4.08. The quantitative estimate of drug-likeness (QED) is 0.245. The Morgan fingerprint density at radius 3 is 2.26 bits per heavy atom. The van der Waals surface area contributed by atoms with Crippen LogP contribution < -0.4 is 9.26 Å². The first kappa shape index (κ1) is 27.7. The molecule has 0 radical (unpaired) electrons. The highest BCUT2D eigenvalue weighted by atomic mass is 31.2. The van der Waals surface area contributed by atoms with E-state index in [1.54, 1.807) is 6.07 Å². The van der Waals surface area contributed by atoms with E-state index in [0.29, 0.717) is 17.1 Å². The van der Waals surface area contributed by atoms with Gasteiger partial charge in [0.15, 0.2) is 0 Å². The first-order valence-electron chi connectivity index (χ1n) is 11.4. The molecule has 1 aliphatic rings. The molecule has 0 spiro atoms. The molecule has 0 saturated heterocycles. The molecule has 2 aromatic carbocycles. The molecular weight excluding hydrogens is 490 g/mol. The Morgan fingerprint density at radius 2 is 1.66 bits per heavy atom. The second kappa shape index (κ2) is 10.6. The molecule has 0 fully saturated rings. The highest BCUT2D eigenvalue weighted by Crippen LogP contribution is 2.75. The average molecular weight is 524 g/mol. The Labute approximate surface area is 207 Å². The number of fused-ring (bicyclic) bond motifs is 3. The van der Waals surface area contributed by atoms with E-state index in [4.69, 9.17) is 22.8 Å². The molecule has 2 aromatic rings. The van der Waals surface area contributed by atoms with Crippen LogP contribution in [0.1, 0.15) is 49.8 Å². The van der Waals surface area contributed by atoms with Crippen molar-refractivity contribution in [2.75, 3.05) is 21.3 Å². The van der Waals surface area contributed by atoms with Crippen LogP contribution in [0.5, 0.6) is 11.5 Å². The molecule has 1 aliphatic heterocycles. The van der Waals surface area contributed by atoms with Gasteiger partial charge in [-0.15, -0.1) is 0 Å². The molecule has 1 heterocycles. The Bertz CT molecular complexity index is 1200. The van der Waals surface area contributed by atoms with Crippen LogP contribution in [0.25, 0.3) is 16.9 Å². The molecule has 2 unspecified atom stereocenters. The fraction of sp³-hybridized carbons (Fsp3) is 0.440. The summed E-state index contributed by atoms with van der Waals surface area (Å²) in [5, 5.41) is 8.57. The topological polar surface area (TPSA) is 101 Å². The van der Waals surface area contributed by atoms with Gasteiger partial charge in [-0.25, -0.2) is 4.57 Å². The maximum atomic E-state index is 14.0. The molecule has 0 aromatic heterocycles. The molecule has 0 bridgehead atoms. The third kappa shape index (κ3) is 5.01. The SMILES string of the molecule is C=C1Oc2cc(CCCCC)cc(OP(=O)(OC)C(C)(O)P(=O)(OC)OC)c2-c2cc(C)ccc21. The maximum absolute atomic E-state index is 14.0. The van der Waals surface area contributed by atoms with Crippen molar-refractivity contribution in [3.05, 3.63) is 53.6 Å². The summed E-state index contributed by atoms with van der Waals surface area (Å²) in [4.78, 5) is 0. The lowest BCUT2D eigenvalue weighted by atomic mass is 9.91. The predicted molar refractivity (Wildman–Crippen MR) is 137 cm³/mol. The van der Waals surface area contributed by atoms with Crippen molar-refractivity contribution in [3.63, 3.8) is 0 Å². The van der Waals surface area contributed by atoms with E-state index in [0.717, 1.165) is 76.2 Å². The molecule has 1 N–H and O–H groups in total. The van der Waals surface area contributed by atoms with Crippen molar-refractivity contribution in [1.82, 2.24) is 0 Å². The van der Waals surface area contributed by atoms with E-state index < -0.39 is 20.3 Å². The van der Waals surface area contributed by atoms with Crippen molar-refractivity contribution in [1.29, 1.82) is 0 Å². The predicted octanol–water partition coefficient (Wildman–Crippen LogP) is 7.13. The Balaban J connectivity index is 2.23. The molecule has 0 aliphatic carbocycles. The summed E-state index contributed by atoms with van der Waals surface area (Å²) in [5.41, 5.74) is 3.95.